The number of hydrogen-bond donors (Lipinski definition) is 3. The molecule has 3 N–H and O–H groups in total. The highest BCUT2D eigenvalue weighted by atomic mass is 16.4. The Kier molecular flexibility index (Phi) is 6.12. The van der Waals surface area contributed by atoms with Crippen LogP contribution in [0.2, 0.25) is 0 Å². The molecule has 0 unspecified atom stereocenters. The highest BCUT2D eigenvalue weighted by Crippen LogP contribution is 2.40. The largest absolute Gasteiger partial charge is 0.465 e. The zero-order chi connectivity index (χ0) is 26.4. The number of rotatable bonds is 4. The Balaban J connectivity index is 1.41. The molecule has 8 heteroatoms. The molecule has 4 heterocycles. The van der Waals surface area contributed by atoms with E-state index in [4.69, 9.17) is 0 Å². The molecule has 6 rings (SSSR count). The summed E-state index contributed by atoms with van der Waals surface area (Å²) in [5, 5.41) is 21.8. The predicted octanol–water partition coefficient (Wildman–Crippen LogP) is 4.97. The molecule has 1 fully saturated rings. The smallest absolute Gasteiger partial charge is 0.407 e. The SMILES string of the molecule is Cc1c[nH]c2ncc(-c3cc4c(c([C@@H]5CCCN5C(=O)O)c3)CN(C(=O)[C@H](O)c3ccccc3)CC4)cc12. The van der Waals surface area contributed by atoms with Crippen molar-refractivity contribution in [1.29, 1.82) is 0 Å². The molecule has 0 bridgehead atoms. The fourth-order valence-corrected chi connectivity index (χ4v) is 5.91. The lowest BCUT2D eigenvalue weighted by molar-refractivity contribution is -0.141. The molecule has 2 aliphatic heterocycles. The van der Waals surface area contributed by atoms with Gasteiger partial charge in [-0.05, 0) is 71.7 Å². The monoisotopic (exact) mass is 510 g/mol. The summed E-state index contributed by atoms with van der Waals surface area (Å²) in [5.74, 6) is -0.337. The predicted molar refractivity (Wildman–Crippen MR) is 143 cm³/mol. The third-order valence-corrected chi connectivity index (χ3v) is 7.97. The Labute approximate surface area is 220 Å². The van der Waals surface area contributed by atoms with Gasteiger partial charge in [-0.3, -0.25) is 4.79 Å². The minimum absolute atomic E-state index is 0.277. The summed E-state index contributed by atoms with van der Waals surface area (Å²) in [6.45, 7) is 3.36. The van der Waals surface area contributed by atoms with E-state index in [-0.39, 0.29) is 11.9 Å². The molecule has 4 aromatic rings. The van der Waals surface area contributed by atoms with Gasteiger partial charge in [0.1, 0.15) is 5.65 Å². The average molecular weight is 511 g/mol. The van der Waals surface area contributed by atoms with Crippen molar-refractivity contribution in [3.8, 4) is 11.1 Å². The van der Waals surface area contributed by atoms with Crippen molar-refractivity contribution < 1.29 is 19.8 Å². The molecular formula is C30H30N4O4. The van der Waals surface area contributed by atoms with Gasteiger partial charge in [0.05, 0.1) is 6.04 Å². The fraction of sp³-hybridized carbons (Fsp3) is 0.300. The molecule has 8 nitrogen and oxygen atoms in total. The molecule has 2 atom stereocenters. The van der Waals surface area contributed by atoms with Gasteiger partial charge in [0.25, 0.3) is 5.91 Å². The van der Waals surface area contributed by atoms with Gasteiger partial charge in [0.15, 0.2) is 6.10 Å². The first-order valence-electron chi connectivity index (χ1n) is 13.0. The summed E-state index contributed by atoms with van der Waals surface area (Å²) in [6.07, 6.45) is 3.78. The van der Waals surface area contributed by atoms with E-state index in [1.807, 2.05) is 25.4 Å². The molecule has 2 aromatic heterocycles. The minimum atomic E-state index is -1.23. The standard InChI is InChI=1S/C30H30N4O4/c1-18-15-31-28-23(18)14-22(16-32-28)21-12-20-9-11-33(29(36)27(35)19-6-3-2-4-7-19)17-25(20)24(13-21)26-8-5-10-34(26)30(37)38/h2-4,6-7,12-16,26-27,35H,5,8-11,17H2,1H3,(H,31,32)(H,37,38)/t26-,27+/m0/s1. The molecule has 0 aliphatic carbocycles. The Morgan fingerprint density at radius 2 is 1.92 bits per heavy atom. The van der Waals surface area contributed by atoms with Crippen LogP contribution in [0.25, 0.3) is 22.2 Å². The van der Waals surface area contributed by atoms with E-state index in [9.17, 15) is 19.8 Å². The normalized spacial score (nSPS) is 18.0. The van der Waals surface area contributed by atoms with Crippen LogP contribution < -0.4 is 0 Å². The zero-order valence-electron chi connectivity index (χ0n) is 21.2. The van der Waals surface area contributed by atoms with E-state index in [0.717, 1.165) is 57.3 Å². The average Bonchev–Trinajstić information content (AvgIpc) is 3.59. The van der Waals surface area contributed by atoms with Crippen molar-refractivity contribution in [1.82, 2.24) is 19.8 Å². The topological polar surface area (TPSA) is 110 Å². The van der Waals surface area contributed by atoms with Gasteiger partial charge in [-0.2, -0.15) is 0 Å². The van der Waals surface area contributed by atoms with Gasteiger partial charge in [-0.15, -0.1) is 0 Å². The molecule has 2 aromatic carbocycles. The maximum atomic E-state index is 13.3. The highest BCUT2D eigenvalue weighted by Gasteiger charge is 2.35. The Hall–Kier alpha value is -4.17. The van der Waals surface area contributed by atoms with Crippen LogP contribution in [-0.4, -0.2) is 55.1 Å². The quantitative estimate of drug-likeness (QED) is 0.359. The Morgan fingerprint density at radius 3 is 2.71 bits per heavy atom. The van der Waals surface area contributed by atoms with Crippen LogP contribution in [0.5, 0.6) is 0 Å². The van der Waals surface area contributed by atoms with Crippen molar-refractivity contribution in [2.24, 2.45) is 0 Å². The first kappa shape index (κ1) is 24.2. The molecule has 0 radical (unpaired) electrons. The number of pyridine rings is 1. The second-order valence-corrected chi connectivity index (χ2v) is 10.3. The number of aliphatic hydroxyl groups is 1. The molecule has 0 saturated carbocycles. The van der Waals surface area contributed by atoms with E-state index in [2.05, 4.69) is 28.2 Å². The molecule has 1 saturated heterocycles. The highest BCUT2D eigenvalue weighted by molar-refractivity contribution is 5.85. The number of nitrogens with one attached hydrogen (secondary N) is 1. The fourth-order valence-electron chi connectivity index (χ4n) is 5.91. The summed E-state index contributed by atoms with van der Waals surface area (Å²) in [4.78, 5) is 36.4. The Morgan fingerprint density at radius 1 is 1.11 bits per heavy atom. The number of nitrogens with zero attached hydrogens (tertiary/aromatic N) is 3. The molecule has 2 aliphatic rings. The number of hydrogen-bond acceptors (Lipinski definition) is 4. The van der Waals surface area contributed by atoms with Crippen LogP contribution in [0.3, 0.4) is 0 Å². The van der Waals surface area contributed by atoms with Crippen molar-refractivity contribution in [3.63, 3.8) is 0 Å². The van der Waals surface area contributed by atoms with Gasteiger partial charge >= 0.3 is 6.09 Å². The number of H-pyrrole nitrogens is 1. The van der Waals surface area contributed by atoms with Crippen molar-refractivity contribution in [2.75, 3.05) is 13.1 Å². The number of aromatic nitrogens is 2. The van der Waals surface area contributed by atoms with Crippen molar-refractivity contribution in [3.05, 3.63) is 88.7 Å². The number of likely N-dealkylation sites (tertiary alicyclic amines) is 1. The number of carboxylic acid groups (broad SMARTS) is 1. The van der Waals surface area contributed by atoms with Crippen LogP contribution in [0.1, 0.15) is 52.8 Å². The summed E-state index contributed by atoms with van der Waals surface area (Å²) in [6, 6.07) is 15.0. The first-order chi connectivity index (χ1) is 18.4. The number of aryl methyl sites for hydroxylation is 1. The number of benzene rings is 2. The lowest BCUT2D eigenvalue weighted by Gasteiger charge is -2.34. The molecule has 194 valence electrons. The lowest BCUT2D eigenvalue weighted by atomic mass is 9.86. The number of amides is 2. The van der Waals surface area contributed by atoms with Crippen LogP contribution in [0, 0.1) is 6.92 Å². The van der Waals surface area contributed by atoms with Gasteiger partial charge in [-0.25, -0.2) is 9.78 Å². The third kappa shape index (κ3) is 4.20. The van der Waals surface area contributed by atoms with Gasteiger partial charge in [-0.1, -0.05) is 36.4 Å². The lowest BCUT2D eigenvalue weighted by Crippen LogP contribution is -2.40. The third-order valence-electron chi connectivity index (χ3n) is 7.97. The molecule has 2 amide bonds. The second-order valence-electron chi connectivity index (χ2n) is 10.3. The summed E-state index contributed by atoms with van der Waals surface area (Å²) in [5.41, 5.74) is 7.52. The van der Waals surface area contributed by atoms with Crippen molar-refractivity contribution in [2.45, 2.75) is 44.9 Å². The molecule has 0 spiro atoms. The minimum Gasteiger partial charge on any atom is -0.465 e. The number of carbonyl (C=O) groups is 2. The van der Waals surface area contributed by atoms with Gasteiger partial charge in [0, 0.05) is 43.0 Å². The maximum absolute atomic E-state index is 13.3. The molecular weight excluding hydrogens is 480 g/mol. The number of carbonyl (C=O) groups excluding carboxylic acids is 1. The molecule has 38 heavy (non-hydrogen) atoms. The van der Waals surface area contributed by atoms with E-state index in [1.54, 1.807) is 29.2 Å². The zero-order valence-corrected chi connectivity index (χ0v) is 21.2. The summed E-state index contributed by atoms with van der Waals surface area (Å²) < 4.78 is 0. The van der Waals surface area contributed by atoms with Crippen LogP contribution >= 0.6 is 0 Å². The number of aromatic amines is 1. The number of aliphatic hydroxyl groups excluding tert-OH is 1. The maximum Gasteiger partial charge on any atom is 0.407 e. The van der Waals surface area contributed by atoms with Crippen molar-refractivity contribution >= 4 is 23.0 Å². The second kappa shape index (κ2) is 9.61. The van der Waals surface area contributed by atoms with E-state index in [0.29, 0.717) is 31.6 Å². The van der Waals surface area contributed by atoms with E-state index < -0.39 is 12.2 Å². The summed E-state index contributed by atoms with van der Waals surface area (Å²) >= 11 is 0. The Bertz CT molecular complexity index is 1530. The van der Waals surface area contributed by atoms with E-state index in [1.165, 1.54) is 4.90 Å². The van der Waals surface area contributed by atoms with Crippen LogP contribution in [0.4, 0.5) is 4.79 Å². The van der Waals surface area contributed by atoms with E-state index >= 15 is 0 Å². The number of fused-ring (bicyclic) bond motifs is 2. The van der Waals surface area contributed by atoms with Crippen LogP contribution in [0.15, 0.2) is 60.9 Å². The van der Waals surface area contributed by atoms with Gasteiger partial charge in [0.2, 0.25) is 0 Å². The van der Waals surface area contributed by atoms with Gasteiger partial charge < -0.3 is 25.0 Å². The summed E-state index contributed by atoms with van der Waals surface area (Å²) in [7, 11) is 0. The first-order valence-corrected chi connectivity index (χ1v) is 13.0. The van der Waals surface area contributed by atoms with Crippen LogP contribution in [-0.2, 0) is 17.8 Å².